The number of thiazole rings is 1. The van der Waals surface area contributed by atoms with Crippen LogP contribution in [0.1, 0.15) is 56.4 Å². The van der Waals surface area contributed by atoms with Crippen LogP contribution in [-0.4, -0.2) is 47.1 Å². The number of fused-ring (bicyclic) bond motifs is 1. The van der Waals surface area contributed by atoms with Gasteiger partial charge in [0.1, 0.15) is 10.5 Å². The van der Waals surface area contributed by atoms with Crippen LogP contribution in [0, 0.1) is 5.92 Å². The molecule has 29 heavy (non-hydrogen) atoms. The lowest BCUT2D eigenvalue weighted by Gasteiger charge is -2.34. The van der Waals surface area contributed by atoms with Gasteiger partial charge in [-0.3, -0.25) is 4.79 Å². The van der Waals surface area contributed by atoms with Crippen LogP contribution < -0.4 is 10.2 Å². The van der Waals surface area contributed by atoms with Gasteiger partial charge in [0.2, 0.25) is 0 Å². The Kier molecular flexibility index (Phi) is 4.82. The maximum absolute atomic E-state index is 13.2. The van der Waals surface area contributed by atoms with E-state index in [-0.39, 0.29) is 11.9 Å². The van der Waals surface area contributed by atoms with Gasteiger partial charge in [0.15, 0.2) is 6.67 Å². The van der Waals surface area contributed by atoms with E-state index in [0.29, 0.717) is 18.5 Å². The molecule has 7 heteroatoms. The van der Waals surface area contributed by atoms with Crippen LogP contribution in [0.3, 0.4) is 0 Å². The van der Waals surface area contributed by atoms with Gasteiger partial charge in [-0.15, -0.1) is 11.3 Å². The summed E-state index contributed by atoms with van der Waals surface area (Å²) in [5, 5.41) is 4.25. The third-order valence-corrected chi connectivity index (χ3v) is 8.23. The second-order valence-corrected chi connectivity index (χ2v) is 10.2. The molecule has 3 aliphatic rings. The highest BCUT2D eigenvalue weighted by Crippen LogP contribution is 2.36. The molecule has 5 rings (SSSR count). The number of nitrogens with zero attached hydrogens (tertiary/aromatic N) is 2. The van der Waals surface area contributed by atoms with Crippen LogP contribution in [0.15, 0.2) is 24.3 Å². The molecule has 1 aromatic heterocycles. The maximum Gasteiger partial charge on any atom is 0.329 e. The average Bonchev–Trinajstić information content (AvgIpc) is 3.26. The Balaban J connectivity index is 1.28. The number of hydrogen-bond donors (Lipinski definition) is 2. The zero-order chi connectivity index (χ0) is 20.0. The van der Waals surface area contributed by atoms with Crippen LogP contribution in [0.4, 0.5) is 4.79 Å². The molecule has 2 aromatic rings. The number of quaternary nitrogens is 1. The normalized spacial score (nSPS) is 32.9. The van der Waals surface area contributed by atoms with Crippen molar-refractivity contribution in [2.75, 3.05) is 19.8 Å². The Hall–Kier alpha value is -1.99. The Morgan fingerprint density at radius 3 is 2.83 bits per heavy atom. The summed E-state index contributed by atoms with van der Waals surface area (Å²) >= 11 is 1.78. The first-order chi connectivity index (χ1) is 14.0. The molecule has 1 unspecified atom stereocenters. The standard InChI is InChI=1S/C22H28N4O2S/c1-15-8-10-22(11-9-15)20(27)26(21(28)24-22)14-25-12-4-5-16(13-25)19-23-17-6-2-3-7-18(17)29-19/h2-3,6-7,15-16H,4-5,8-14H2,1H3,(H,24,28)/p+1/t15?,16-,22?/m1/s1. The molecule has 6 nitrogen and oxygen atoms in total. The molecule has 0 radical (unpaired) electrons. The zero-order valence-electron chi connectivity index (χ0n) is 16.9. The van der Waals surface area contributed by atoms with Gasteiger partial charge in [0, 0.05) is 0 Å². The first-order valence-corrected chi connectivity index (χ1v) is 11.7. The van der Waals surface area contributed by atoms with Crippen LogP contribution in [0.25, 0.3) is 10.2 Å². The Bertz CT molecular complexity index is 901. The second-order valence-electron chi connectivity index (χ2n) is 9.15. The Labute approximate surface area is 175 Å². The molecule has 2 aliphatic heterocycles. The van der Waals surface area contributed by atoms with Crippen molar-refractivity contribution >= 4 is 33.5 Å². The van der Waals surface area contributed by atoms with Crippen molar-refractivity contribution in [3.8, 4) is 0 Å². The quantitative estimate of drug-likeness (QED) is 0.760. The van der Waals surface area contributed by atoms with Crippen LogP contribution in [-0.2, 0) is 4.79 Å². The molecule has 1 saturated carbocycles. The van der Waals surface area contributed by atoms with E-state index in [0.717, 1.165) is 57.1 Å². The van der Waals surface area contributed by atoms with Crippen molar-refractivity contribution in [1.82, 2.24) is 15.2 Å². The minimum atomic E-state index is -0.634. The van der Waals surface area contributed by atoms with Crippen molar-refractivity contribution in [3.63, 3.8) is 0 Å². The summed E-state index contributed by atoms with van der Waals surface area (Å²) in [6.07, 6.45) is 5.80. The molecule has 2 atom stereocenters. The van der Waals surface area contributed by atoms with Crippen molar-refractivity contribution in [2.24, 2.45) is 5.92 Å². The number of rotatable bonds is 3. The highest BCUT2D eigenvalue weighted by atomic mass is 32.1. The first kappa shape index (κ1) is 19.0. The van der Waals surface area contributed by atoms with E-state index in [1.54, 1.807) is 11.3 Å². The molecule has 1 spiro atoms. The molecular weight excluding hydrogens is 384 g/mol. The lowest BCUT2D eigenvalue weighted by molar-refractivity contribution is -0.913. The molecule has 154 valence electrons. The summed E-state index contributed by atoms with van der Waals surface area (Å²) in [6, 6.07) is 8.09. The topological polar surface area (TPSA) is 66.7 Å². The van der Waals surface area contributed by atoms with E-state index in [2.05, 4.69) is 30.4 Å². The second kappa shape index (κ2) is 7.36. The Morgan fingerprint density at radius 2 is 2.03 bits per heavy atom. The van der Waals surface area contributed by atoms with Crippen molar-refractivity contribution < 1.29 is 14.5 Å². The van der Waals surface area contributed by atoms with Gasteiger partial charge in [-0.05, 0) is 56.6 Å². The monoisotopic (exact) mass is 413 g/mol. The smallest absolute Gasteiger partial charge is 0.323 e. The van der Waals surface area contributed by atoms with E-state index in [1.165, 1.54) is 19.5 Å². The summed E-state index contributed by atoms with van der Waals surface area (Å²) in [5.41, 5.74) is 0.438. The molecule has 1 aliphatic carbocycles. The number of para-hydroxylation sites is 1. The summed E-state index contributed by atoms with van der Waals surface area (Å²) in [5.74, 6) is 1.05. The number of aromatic nitrogens is 1. The number of nitrogens with one attached hydrogen (secondary N) is 2. The molecule has 3 heterocycles. The third-order valence-electron chi connectivity index (χ3n) is 7.03. The van der Waals surface area contributed by atoms with E-state index in [4.69, 9.17) is 4.98 Å². The van der Waals surface area contributed by atoms with E-state index >= 15 is 0 Å². The molecule has 1 aromatic carbocycles. The van der Waals surface area contributed by atoms with Gasteiger partial charge >= 0.3 is 6.03 Å². The number of benzene rings is 1. The minimum absolute atomic E-state index is 0.00371. The van der Waals surface area contributed by atoms with Crippen LogP contribution in [0.5, 0.6) is 0 Å². The minimum Gasteiger partial charge on any atom is -0.323 e. The number of carbonyl (C=O) groups is 2. The number of carbonyl (C=O) groups excluding carboxylic acids is 2. The predicted octanol–water partition coefficient (Wildman–Crippen LogP) is 2.52. The molecule has 2 saturated heterocycles. The fourth-order valence-electron chi connectivity index (χ4n) is 5.21. The lowest BCUT2D eigenvalue weighted by atomic mass is 9.77. The number of imide groups is 1. The number of amides is 3. The fraction of sp³-hybridized carbons (Fsp3) is 0.591. The summed E-state index contributed by atoms with van der Waals surface area (Å²) < 4.78 is 1.23. The predicted molar refractivity (Wildman–Crippen MR) is 113 cm³/mol. The first-order valence-electron chi connectivity index (χ1n) is 10.9. The Morgan fingerprint density at radius 1 is 1.24 bits per heavy atom. The maximum atomic E-state index is 13.2. The van der Waals surface area contributed by atoms with Gasteiger partial charge in [-0.25, -0.2) is 14.7 Å². The molecular formula is C22H29N4O2S+. The van der Waals surface area contributed by atoms with Crippen molar-refractivity contribution in [2.45, 2.75) is 56.9 Å². The van der Waals surface area contributed by atoms with Gasteiger partial charge in [-0.2, -0.15) is 0 Å². The van der Waals surface area contributed by atoms with Gasteiger partial charge in [0.25, 0.3) is 5.91 Å². The molecule has 2 N–H and O–H groups in total. The van der Waals surface area contributed by atoms with Crippen molar-refractivity contribution in [3.05, 3.63) is 29.3 Å². The van der Waals surface area contributed by atoms with Gasteiger partial charge in [-0.1, -0.05) is 19.1 Å². The summed E-state index contributed by atoms with van der Waals surface area (Å²) in [4.78, 5) is 33.5. The summed E-state index contributed by atoms with van der Waals surface area (Å²) in [6.45, 7) is 4.64. The number of hydrogen-bond acceptors (Lipinski definition) is 4. The van der Waals surface area contributed by atoms with E-state index in [9.17, 15) is 9.59 Å². The van der Waals surface area contributed by atoms with Crippen LogP contribution >= 0.6 is 11.3 Å². The van der Waals surface area contributed by atoms with Crippen LogP contribution in [0.2, 0.25) is 0 Å². The third kappa shape index (κ3) is 3.44. The zero-order valence-corrected chi connectivity index (χ0v) is 17.8. The van der Waals surface area contributed by atoms with E-state index < -0.39 is 5.54 Å². The number of likely N-dealkylation sites (tertiary alicyclic amines) is 1. The largest absolute Gasteiger partial charge is 0.329 e. The van der Waals surface area contributed by atoms with Crippen molar-refractivity contribution in [1.29, 1.82) is 0 Å². The number of urea groups is 1. The van der Waals surface area contributed by atoms with Gasteiger partial charge < -0.3 is 10.2 Å². The highest BCUT2D eigenvalue weighted by Gasteiger charge is 2.53. The highest BCUT2D eigenvalue weighted by molar-refractivity contribution is 7.18. The fourth-order valence-corrected chi connectivity index (χ4v) is 6.31. The molecule has 0 bridgehead atoms. The SMILES string of the molecule is CC1CCC2(CC1)NC(=O)N(C[NH+]1CCC[C@@H](c3nc4ccccc4s3)C1)C2=O. The molecule has 3 amide bonds. The van der Waals surface area contributed by atoms with Gasteiger partial charge in [0.05, 0.1) is 29.2 Å². The lowest BCUT2D eigenvalue weighted by Crippen LogP contribution is -3.15. The average molecular weight is 414 g/mol. The summed E-state index contributed by atoms with van der Waals surface area (Å²) in [7, 11) is 0. The molecule has 3 fully saturated rings. The number of piperidine rings is 1. The van der Waals surface area contributed by atoms with E-state index in [1.807, 2.05) is 6.07 Å².